The van der Waals surface area contributed by atoms with Crippen molar-refractivity contribution in [3.8, 4) is 0 Å². The zero-order chi connectivity index (χ0) is 13.8. The average molecular weight is 264 g/mol. The molecular weight excluding hydrogens is 244 g/mol. The van der Waals surface area contributed by atoms with Crippen LogP contribution in [-0.2, 0) is 9.59 Å². The van der Waals surface area contributed by atoms with Crippen LogP contribution < -0.4 is 5.32 Å². The zero-order valence-electron chi connectivity index (χ0n) is 11.3. The van der Waals surface area contributed by atoms with E-state index >= 15 is 0 Å². The van der Waals surface area contributed by atoms with Gasteiger partial charge in [0.1, 0.15) is 0 Å². The fourth-order valence-electron chi connectivity index (χ4n) is 3.87. The van der Waals surface area contributed by atoms with Crippen LogP contribution in [-0.4, -0.2) is 46.6 Å². The van der Waals surface area contributed by atoms with Gasteiger partial charge in [0.15, 0.2) is 5.54 Å². The fourth-order valence-corrected chi connectivity index (χ4v) is 3.87. The van der Waals surface area contributed by atoms with Crippen molar-refractivity contribution in [1.82, 2.24) is 10.2 Å². The molecule has 2 aliphatic heterocycles. The number of amides is 2. The summed E-state index contributed by atoms with van der Waals surface area (Å²) in [7, 11) is 1.63. The van der Waals surface area contributed by atoms with Gasteiger partial charge in [-0.2, -0.15) is 0 Å². The molecule has 5 heteroatoms. The summed E-state index contributed by atoms with van der Waals surface area (Å²) in [5, 5.41) is 13.5. The van der Waals surface area contributed by atoms with E-state index in [9.17, 15) is 14.7 Å². The Hall–Kier alpha value is -1.36. The Bertz CT molecular complexity index is 462. The van der Waals surface area contributed by atoms with Crippen molar-refractivity contribution in [1.29, 1.82) is 0 Å². The number of hydrogen-bond donors (Lipinski definition) is 2. The van der Waals surface area contributed by atoms with Crippen LogP contribution in [0.25, 0.3) is 0 Å². The molecule has 104 valence electrons. The van der Waals surface area contributed by atoms with E-state index in [4.69, 9.17) is 0 Å². The summed E-state index contributed by atoms with van der Waals surface area (Å²) in [6, 6.07) is -0.261. The smallest absolute Gasteiger partial charge is 0.251 e. The first-order valence-corrected chi connectivity index (χ1v) is 6.94. The number of nitrogens with one attached hydrogen (secondary N) is 1. The second-order valence-corrected chi connectivity index (χ2v) is 5.93. The van der Waals surface area contributed by atoms with Crippen LogP contribution in [0.4, 0.5) is 0 Å². The molecule has 1 aliphatic carbocycles. The van der Waals surface area contributed by atoms with E-state index in [0.29, 0.717) is 0 Å². The summed E-state index contributed by atoms with van der Waals surface area (Å²) in [6.45, 7) is 1.81. The normalized spacial score (nSPS) is 42.7. The molecule has 3 rings (SSSR count). The first kappa shape index (κ1) is 12.7. The number of fused-ring (bicyclic) bond motifs is 1. The van der Waals surface area contributed by atoms with Crippen molar-refractivity contribution >= 4 is 11.8 Å². The standard InChI is InChI=1S/C14H20N2O3/c1-8-10-14(13(19)15-10,16(2)12(8)18)11(17)9-6-4-3-5-7-9/h4,6,8-11,17H,3,5,7H2,1-2H3,(H,15,19)/t8?,9-,10-,11-,14-/m0/s1. The van der Waals surface area contributed by atoms with Crippen LogP contribution in [0.3, 0.4) is 0 Å². The third-order valence-corrected chi connectivity index (χ3v) is 5.05. The highest BCUT2D eigenvalue weighted by molar-refractivity contribution is 6.04. The van der Waals surface area contributed by atoms with Gasteiger partial charge < -0.3 is 15.3 Å². The number of allylic oxidation sites excluding steroid dienone is 1. The first-order chi connectivity index (χ1) is 9.01. The highest BCUT2D eigenvalue weighted by atomic mass is 16.3. The topological polar surface area (TPSA) is 69.6 Å². The van der Waals surface area contributed by atoms with Gasteiger partial charge >= 0.3 is 0 Å². The van der Waals surface area contributed by atoms with E-state index in [1.807, 2.05) is 13.0 Å². The van der Waals surface area contributed by atoms with Crippen molar-refractivity contribution in [2.75, 3.05) is 7.05 Å². The van der Waals surface area contributed by atoms with Crippen LogP contribution in [0.2, 0.25) is 0 Å². The minimum absolute atomic E-state index is 0.0390. The molecule has 2 fully saturated rings. The van der Waals surface area contributed by atoms with Crippen LogP contribution in [0.15, 0.2) is 12.2 Å². The van der Waals surface area contributed by atoms with Crippen molar-refractivity contribution in [2.24, 2.45) is 11.8 Å². The van der Waals surface area contributed by atoms with Crippen LogP contribution in [0, 0.1) is 11.8 Å². The molecule has 2 amide bonds. The van der Waals surface area contributed by atoms with E-state index in [-0.39, 0.29) is 29.7 Å². The highest BCUT2D eigenvalue weighted by Crippen LogP contribution is 2.45. The highest BCUT2D eigenvalue weighted by Gasteiger charge is 2.71. The van der Waals surface area contributed by atoms with Gasteiger partial charge in [0.2, 0.25) is 5.91 Å². The summed E-state index contributed by atoms with van der Waals surface area (Å²) >= 11 is 0. The Balaban J connectivity index is 1.96. The Morgan fingerprint density at radius 3 is 2.79 bits per heavy atom. The van der Waals surface area contributed by atoms with Crippen LogP contribution in [0.1, 0.15) is 26.2 Å². The third kappa shape index (κ3) is 1.39. The molecule has 0 aromatic carbocycles. The summed E-state index contributed by atoms with van der Waals surface area (Å²) < 4.78 is 0. The zero-order valence-corrected chi connectivity index (χ0v) is 11.3. The van der Waals surface area contributed by atoms with E-state index in [1.165, 1.54) is 4.90 Å². The lowest BCUT2D eigenvalue weighted by Crippen LogP contribution is -2.80. The Labute approximate surface area is 112 Å². The number of nitrogens with zero attached hydrogens (tertiary/aromatic N) is 1. The average Bonchev–Trinajstić information content (AvgIpc) is 2.57. The molecule has 2 heterocycles. The third-order valence-electron chi connectivity index (χ3n) is 5.05. The molecule has 0 aromatic rings. The summed E-state index contributed by atoms with van der Waals surface area (Å²) in [4.78, 5) is 25.7. The lowest BCUT2D eigenvalue weighted by molar-refractivity contribution is -0.162. The van der Waals surface area contributed by atoms with Crippen molar-refractivity contribution in [3.63, 3.8) is 0 Å². The minimum Gasteiger partial charge on any atom is -0.389 e. The van der Waals surface area contributed by atoms with Gasteiger partial charge in [0.25, 0.3) is 5.91 Å². The quantitative estimate of drug-likeness (QED) is 0.547. The summed E-state index contributed by atoms with van der Waals surface area (Å²) in [5.41, 5.74) is -1.05. The van der Waals surface area contributed by atoms with E-state index in [0.717, 1.165) is 19.3 Å². The molecule has 0 spiro atoms. The number of carbonyl (C=O) groups excluding carboxylic acids is 2. The summed E-state index contributed by atoms with van der Waals surface area (Å²) in [6.07, 6.45) is 6.15. The number of aliphatic hydroxyl groups is 1. The summed E-state index contributed by atoms with van der Waals surface area (Å²) in [5.74, 6) is -0.584. The lowest BCUT2D eigenvalue weighted by atomic mass is 9.69. The number of likely N-dealkylation sites (N-methyl/N-ethyl adjacent to an activating group) is 1. The molecule has 1 unspecified atom stereocenters. The van der Waals surface area contributed by atoms with Gasteiger partial charge in [-0.1, -0.05) is 19.1 Å². The number of likely N-dealkylation sites (tertiary alicyclic amines) is 1. The molecule has 2 N–H and O–H groups in total. The molecular formula is C14H20N2O3. The number of hydrogen-bond acceptors (Lipinski definition) is 3. The predicted octanol–water partition coefficient (Wildman–Crippen LogP) is 0.0489. The largest absolute Gasteiger partial charge is 0.389 e. The SMILES string of the molecule is CC1C(=O)N(C)[C@@]2([C@@H](O)[C@H]3C=CCCC3)C(=O)N[C@@H]12. The fraction of sp³-hybridized carbons (Fsp3) is 0.714. The number of aliphatic hydroxyl groups excluding tert-OH is 1. The van der Waals surface area contributed by atoms with Crippen molar-refractivity contribution in [3.05, 3.63) is 12.2 Å². The molecule has 0 radical (unpaired) electrons. The van der Waals surface area contributed by atoms with Crippen molar-refractivity contribution in [2.45, 2.75) is 43.9 Å². The van der Waals surface area contributed by atoms with Crippen molar-refractivity contribution < 1.29 is 14.7 Å². The number of carbonyl (C=O) groups is 2. The maximum Gasteiger partial charge on any atom is 0.251 e. The molecule has 5 atom stereocenters. The Morgan fingerprint density at radius 2 is 2.26 bits per heavy atom. The molecule has 3 aliphatic rings. The second kappa shape index (κ2) is 4.07. The second-order valence-electron chi connectivity index (χ2n) is 5.93. The maximum absolute atomic E-state index is 12.1. The van der Waals surface area contributed by atoms with Gasteiger partial charge in [0.05, 0.1) is 18.1 Å². The Morgan fingerprint density at radius 1 is 1.53 bits per heavy atom. The monoisotopic (exact) mass is 264 g/mol. The first-order valence-electron chi connectivity index (χ1n) is 6.94. The maximum atomic E-state index is 12.1. The van der Waals surface area contributed by atoms with Gasteiger partial charge in [-0.05, 0) is 19.3 Å². The molecule has 0 saturated carbocycles. The lowest BCUT2D eigenvalue weighted by Gasteiger charge is -2.52. The minimum atomic E-state index is -1.05. The molecule has 5 nitrogen and oxygen atoms in total. The van der Waals surface area contributed by atoms with E-state index < -0.39 is 11.6 Å². The van der Waals surface area contributed by atoms with Gasteiger partial charge in [-0.3, -0.25) is 9.59 Å². The number of β-lactam (4-membered cyclic amide) rings is 1. The molecule has 0 bridgehead atoms. The molecule has 2 saturated heterocycles. The molecule has 0 aromatic heterocycles. The van der Waals surface area contributed by atoms with Crippen LogP contribution >= 0.6 is 0 Å². The van der Waals surface area contributed by atoms with Gasteiger partial charge in [-0.15, -0.1) is 0 Å². The van der Waals surface area contributed by atoms with Gasteiger partial charge in [0, 0.05) is 13.0 Å². The van der Waals surface area contributed by atoms with E-state index in [1.54, 1.807) is 7.05 Å². The Kier molecular flexibility index (Phi) is 2.71. The van der Waals surface area contributed by atoms with E-state index in [2.05, 4.69) is 11.4 Å². The number of rotatable bonds is 2. The van der Waals surface area contributed by atoms with Crippen LogP contribution in [0.5, 0.6) is 0 Å². The predicted molar refractivity (Wildman–Crippen MR) is 69.1 cm³/mol. The molecule has 19 heavy (non-hydrogen) atoms. The van der Waals surface area contributed by atoms with Gasteiger partial charge in [-0.25, -0.2) is 0 Å².